The topological polar surface area (TPSA) is 41.6 Å². The zero-order valence-corrected chi connectivity index (χ0v) is 12.4. The van der Waals surface area contributed by atoms with Crippen LogP contribution >= 0.6 is 0 Å². The Labute approximate surface area is 121 Å². The first-order valence-corrected chi connectivity index (χ1v) is 7.33. The summed E-state index contributed by atoms with van der Waals surface area (Å²) in [5, 5.41) is 3.34. The minimum Gasteiger partial charge on any atom is -0.491 e. The molecule has 2 rings (SSSR count). The van der Waals surface area contributed by atoms with Gasteiger partial charge in [-0.3, -0.25) is 9.69 Å². The van der Waals surface area contributed by atoms with Gasteiger partial charge in [-0.2, -0.15) is 0 Å². The minimum absolute atomic E-state index is 0.0498. The Balaban J connectivity index is 1.82. The van der Waals surface area contributed by atoms with Gasteiger partial charge in [0.25, 0.3) is 0 Å². The van der Waals surface area contributed by atoms with Gasteiger partial charge in [0.2, 0.25) is 0 Å². The minimum atomic E-state index is 0.0498. The Morgan fingerprint density at radius 1 is 1.45 bits per heavy atom. The first kappa shape index (κ1) is 15.0. The molecule has 1 heterocycles. The normalized spacial score (nSPS) is 19.8. The van der Waals surface area contributed by atoms with Gasteiger partial charge in [0.05, 0.1) is 5.56 Å². The lowest BCUT2D eigenvalue weighted by atomic mass is 10.1. The first-order chi connectivity index (χ1) is 9.70. The molecule has 0 bridgehead atoms. The van der Waals surface area contributed by atoms with E-state index in [4.69, 9.17) is 4.74 Å². The summed E-state index contributed by atoms with van der Waals surface area (Å²) in [4.78, 5) is 13.9. The lowest BCUT2D eigenvalue weighted by molar-refractivity contribution is 0.101. The number of hydrogen-bond acceptors (Lipinski definition) is 4. The third kappa shape index (κ3) is 4.05. The molecule has 0 saturated carbocycles. The van der Waals surface area contributed by atoms with Crippen molar-refractivity contribution in [1.82, 2.24) is 10.2 Å². The van der Waals surface area contributed by atoms with E-state index in [-0.39, 0.29) is 5.78 Å². The fraction of sp³-hybridized carbons (Fsp3) is 0.562. The Morgan fingerprint density at radius 3 is 3.00 bits per heavy atom. The van der Waals surface area contributed by atoms with Gasteiger partial charge >= 0.3 is 0 Å². The Morgan fingerprint density at radius 2 is 2.25 bits per heavy atom. The summed E-state index contributed by atoms with van der Waals surface area (Å²) in [6.45, 7) is 5.32. The van der Waals surface area contributed by atoms with E-state index in [1.165, 1.54) is 12.8 Å². The van der Waals surface area contributed by atoms with Crippen molar-refractivity contribution in [3.63, 3.8) is 0 Å². The van der Waals surface area contributed by atoms with E-state index in [1.54, 1.807) is 6.92 Å². The number of carbonyl (C=O) groups is 1. The number of nitrogens with zero attached hydrogens (tertiary/aromatic N) is 1. The van der Waals surface area contributed by atoms with Crippen molar-refractivity contribution in [3.8, 4) is 5.75 Å². The van der Waals surface area contributed by atoms with Crippen molar-refractivity contribution in [2.45, 2.75) is 25.8 Å². The van der Waals surface area contributed by atoms with Crippen LogP contribution in [-0.2, 0) is 0 Å². The number of carbonyl (C=O) groups excluding carboxylic acids is 1. The zero-order valence-electron chi connectivity index (χ0n) is 12.4. The highest BCUT2D eigenvalue weighted by molar-refractivity contribution is 5.96. The molecule has 4 heteroatoms. The number of likely N-dealkylation sites (tertiary alicyclic amines) is 1. The van der Waals surface area contributed by atoms with E-state index in [2.05, 4.69) is 10.2 Å². The molecule has 1 aliphatic rings. The molecule has 1 aromatic rings. The van der Waals surface area contributed by atoms with Crippen molar-refractivity contribution < 1.29 is 9.53 Å². The van der Waals surface area contributed by atoms with Gasteiger partial charge < -0.3 is 10.1 Å². The number of likely N-dealkylation sites (N-methyl/N-ethyl adjacent to an activating group) is 1. The average molecular weight is 276 g/mol. The summed E-state index contributed by atoms with van der Waals surface area (Å²) in [6, 6.07) is 8.04. The monoisotopic (exact) mass is 276 g/mol. The molecule has 0 amide bonds. The second-order valence-electron chi connectivity index (χ2n) is 5.33. The fourth-order valence-corrected chi connectivity index (χ4v) is 2.66. The quantitative estimate of drug-likeness (QED) is 0.806. The lowest BCUT2D eigenvalue weighted by Crippen LogP contribution is -2.45. The van der Waals surface area contributed by atoms with Crippen LogP contribution in [0.25, 0.3) is 0 Å². The maximum atomic E-state index is 11.5. The van der Waals surface area contributed by atoms with E-state index in [9.17, 15) is 4.79 Å². The zero-order chi connectivity index (χ0) is 14.4. The number of ether oxygens (including phenoxy) is 1. The number of rotatable bonds is 6. The van der Waals surface area contributed by atoms with E-state index < -0.39 is 0 Å². The van der Waals surface area contributed by atoms with Gasteiger partial charge in [0.15, 0.2) is 5.78 Å². The van der Waals surface area contributed by atoms with Crippen LogP contribution in [-0.4, -0.2) is 50.0 Å². The molecule has 1 N–H and O–H groups in total. The SMILES string of the molecule is CNC1CCCN(CCOc2ccccc2C(C)=O)C1. The van der Waals surface area contributed by atoms with E-state index in [0.29, 0.717) is 24.0 Å². The molecule has 110 valence electrons. The first-order valence-electron chi connectivity index (χ1n) is 7.33. The van der Waals surface area contributed by atoms with Gasteiger partial charge in [-0.1, -0.05) is 12.1 Å². The van der Waals surface area contributed by atoms with Crippen LogP contribution in [0.4, 0.5) is 0 Å². The fourth-order valence-electron chi connectivity index (χ4n) is 2.66. The number of benzene rings is 1. The third-order valence-electron chi connectivity index (χ3n) is 3.85. The summed E-state index contributed by atoms with van der Waals surface area (Å²) >= 11 is 0. The van der Waals surface area contributed by atoms with Crippen molar-refractivity contribution in [3.05, 3.63) is 29.8 Å². The van der Waals surface area contributed by atoms with Gasteiger partial charge in [-0.05, 0) is 45.5 Å². The average Bonchev–Trinajstić information content (AvgIpc) is 2.48. The molecule has 1 atom stereocenters. The number of ketones is 1. The number of para-hydroxylation sites is 1. The van der Waals surface area contributed by atoms with Crippen molar-refractivity contribution in [2.24, 2.45) is 0 Å². The Kier molecular flexibility index (Phi) is 5.56. The molecule has 0 radical (unpaired) electrons. The van der Waals surface area contributed by atoms with E-state index >= 15 is 0 Å². The van der Waals surface area contributed by atoms with Crippen LogP contribution in [0.3, 0.4) is 0 Å². The predicted molar refractivity (Wildman–Crippen MR) is 80.5 cm³/mol. The molecule has 1 fully saturated rings. The highest BCUT2D eigenvalue weighted by atomic mass is 16.5. The molecular weight excluding hydrogens is 252 g/mol. The maximum absolute atomic E-state index is 11.5. The maximum Gasteiger partial charge on any atom is 0.163 e. The standard InChI is InChI=1S/C16H24N2O2/c1-13(19)15-7-3-4-8-16(15)20-11-10-18-9-5-6-14(12-18)17-2/h3-4,7-8,14,17H,5-6,9-12H2,1-2H3. The number of piperidine rings is 1. The summed E-state index contributed by atoms with van der Waals surface area (Å²) in [6.07, 6.45) is 2.48. The van der Waals surface area contributed by atoms with Gasteiger partial charge in [-0.15, -0.1) is 0 Å². The number of hydrogen-bond donors (Lipinski definition) is 1. The third-order valence-corrected chi connectivity index (χ3v) is 3.85. The molecule has 4 nitrogen and oxygen atoms in total. The highest BCUT2D eigenvalue weighted by Gasteiger charge is 2.18. The lowest BCUT2D eigenvalue weighted by Gasteiger charge is -2.32. The highest BCUT2D eigenvalue weighted by Crippen LogP contribution is 2.18. The molecule has 0 aromatic heterocycles. The molecule has 1 aliphatic heterocycles. The molecule has 0 aliphatic carbocycles. The van der Waals surface area contributed by atoms with E-state index in [1.807, 2.05) is 31.3 Å². The summed E-state index contributed by atoms with van der Waals surface area (Å²) in [7, 11) is 2.02. The number of Topliss-reactive ketones (excluding diaryl/α,β-unsaturated/α-hetero) is 1. The van der Waals surface area contributed by atoms with Crippen LogP contribution in [0.1, 0.15) is 30.1 Å². The van der Waals surface area contributed by atoms with Crippen LogP contribution < -0.4 is 10.1 Å². The summed E-state index contributed by atoms with van der Waals surface area (Å²) in [5.74, 6) is 0.746. The smallest absolute Gasteiger partial charge is 0.163 e. The molecule has 1 saturated heterocycles. The van der Waals surface area contributed by atoms with Crippen molar-refractivity contribution in [2.75, 3.05) is 33.3 Å². The number of nitrogens with one attached hydrogen (secondary N) is 1. The van der Waals surface area contributed by atoms with Crippen molar-refractivity contribution >= 4 is 5.78 Å². The molecule has 1 aromatic carbocycles. The second-order valence-corrected chi connectivity index (χ2v) is 5.33. The molecular formula is C16H24N2O2. The van der Waals surface area contributed by atoms with E-state index in [0.717, 1.165) is 19.6 Å². The predicted octanol–water partition coefficient (Wildman–Crippen LogP) is 1.95. The van der Waals surface area contributed by atoms with Crippen LogP contribution in [0.15, 0.2) is 24.3 Å². The Bertz CT molecular complexity index is 448. The largest absolute Gasteiger partial charge is 0.491 e. The van der Waals surface area contributed by atoms with Gasteiger partial charge in [-0.25, -0.2) is 0 Å². The van der Waals surface area contributed by atoms with Crippen molar-refractivity contribution in [1.29, 1.82) is 0 Å². The van der Waals surface area contributed by atoms with Crippen LogP contribution in [0, 0.1) is 0 Å². The Hall–Kier alpha value is -1.39. The summed E-state index contributed by atoms with van der Waals surface area (Å²) < 4.78 is 5.79. The van der Waals surface area contributed by atoms with Crippen LogP contribution in [0.5, 0.6) is 5.75 Å². The molecule has 1 unspecified atom stereocenters. The second kappa shape index (κ2) is 7.41. The molecule has 20 heavy (non-hydrogen) atoms. The summed E-state index contributed by atoms with van der Waals surface area (Å²) in [5.41, 5.74) is 0.666. The van der Waals surface area contributed by atoms with Gasteiger partial charge in [0, 0.05) is 19.1 Å². The van der Waals surface area contributed by atoms with Gasteiger partial charge in [0.1, 0.15) is 12.4 Å². The molecule has 0 spiro atoms. The van der Waals surface area contributed by atoms with Crippen LogP contribution in [0.2, 0.25) is 0 Å².